The van der Waals surface area contributed by atoms with Crippen molar-refractivity contribution in [3.8, 4) is 11.3 Å². The first-order chi connectivity index (χ1) is 14.0. The number of hydrogen-bond donors (Lipinski definition) is 0. The Balaban J connectivity index is 1.73. The highest BCUT2D eigenvalue weighted by molar-refractivity contribution is 7.17. The predicted molar refractivity (Wildman–Crippen MR) is 119 cm³/mol. The van der Waals surface area contributed by atoms with Crippen molar-refractivity contribution < 1.29 is 8.83 Å². The van der Waals surface area contributed by atoms with Crippen LogP contribution < -0.4 is 0 Å². The Kier molecular flexibility index (Phi) is 3.28. The second-order valence-electron chi connectivity index (χ2n) is 8.40. The van der Waals surface area contributed by atoms with E-state index in [4.69, 9.17) is 8.83 Å². The van der Waals surface area contributed by atoms with Gasteiger partial charge in [-0.2, -0.15) is 0 Å². The topological polar surface area (TPSA) is 52.1 Å². The summed E-state index contributed by atoms with van der Waals surface area (Å²) in [7, 11) is 0. The summed E-state index contributed by atoms with van der Waals surface area (Å²) in [6, 6.07) is 12.7. The van der Waals surface area contributed by atoms with Crippen molar-refractivity contribution in [3.05, 3.63) is 59.9 Å². The van der Waals surface area contributed by atoms with Crippen molar-refractivity contribution in [2.75, 3.05) is 0 Å². The lowest BCUT2D eigenvalue weighted by Gasteiger charge is -2.21. The van der Waals surface area contributed by atoms with Gasteiger partial charge in [0.05, 0.1) is 17.3 Å². The fourth-order valence-electron chi connectivity index (χ4n) is 4.09. The van der Waals surface area contributed by atoms with Crippen LogP contribution in [0, 0.1) is 0 Å². The Labute approximate surface area is 170 Å². The summed E-state index contributed by atoms with van der Waals surface area (Å²) < 4.78 is 13.1. The lowest BCUT2D eigenvalue weighted by Crippen LogP contribution is -2.11. The van der Waals surface area contributed by atoms with E-state index in [0.717, 1.165) is 38.6 Å². The Bertz CT molecular complexity index is 1550. The first kappa shape index (κ1) is 16.7. The summed E-state index contributed by atoms with van der Waals surface area (Å²) in [5, 5.41) is 6.31. The smallest absolute Gasteiger partial charge is 0.231 e. The van der Waals surface area contributed by atoms with Gasteiger partial charge in [0.2, 0.25) is 5.71 Å². The Morgan fingerprint density at radius 2 is 1.83 bits per heavy atom. The third kappa shape index (κ3) is 2.37. The van der Waals surface area contributed by atoms with Crippen LogP contribution in [-0.2, 0) is 5.41 Å². The lowest BCUT2D eigenvalue weighted by molar-refractivity contribution is 0.596. The normalized spacial score (nSPS) is 12.7. The Hall–Kier alpha value is -3.18. The highest BCUT2D eigenvalue weighted by Gasteiger charge is 2.22. The van der Waals surface area contributed by atoms with E-state index in [1.165, 1.54) is 15.6 Å². The zero-order valence-electron chi connectivity index (χ0n) is 16.3. The van der Waals surface area contributed by atoms with Gasteiger partial charge in [-0.15, -0.1) is 11.3 Å². The average molecular weight is 398 g/mol. The second-order valence-corrected chi connectivity index (χ2v) is 9.31. The van der Waals surface area contributed by atoms with Crippen LogP contribution in [0.4, 0.5) is 0 Å². The molecule has 0 radical (unpaired) electrons. The molecule has 0 saturated heterocycles. The molecule has 0 bridgehead atoms. The molecule has 6 aromatic rings. The van der Waals surface area contributed by atoms with Crippen molar-refractivity contribution in [1.82, 2.24) is 9.97 Å². The number of aromatic nitrogens is 2. The van der Waals surface area contributed by atoms with Gasteiger partial charge < -0.3 is 8.83 Å². The number of nitrogens with zero attached hydrogens (tertiary/aromatic N) is 2. The summed E-state index contributed by atoms with van der Waals surface area (Å²) in [4.78, 5) is 9.09. The first-order valence-electron chi connectivity index (χ1n) is 9.56. The fourth-order valence-corrected chi connectivity index (χ4v) is 5.19. The molecule has 0 N–H and O–H groups in total. The van der Waals surface area contributed by atoms with Crippen LogP contribution in [0.3, 0.4) is 0 Å². The number of benzene rings is 2. The van der Waals surface area contributed by atoms with E-state index in [0.29, 0.717) is 5.71 Å². The molecule has 4 aromatic heterocycles. The maximum absolute atomic E-state index is 6.11. The van der Waals surface area contributed by atoms with Gasteiger partial charge in [0.25, 0.3) is 0 Å². The molecule has 0 fully saturated rings. The van der Waals surface area contributed by atoms with Crippen LogP contribution in [-0.4, -0.2) is 9.97 Å². The van der Waals surface area contributed by atoms with E-state index in [1.807, 2.05) is 6.07 Å². The average Bonchev–Trinajstić information content (AvgIpc) is 3.42. The molecule has 0 aliphatic heterocycles. The molecular weight excluding hydrogens is 380 g/mol. The summed E-state index contributed by atoms with van der Waals surface area (Å²) in [5.41, 5.74) is 5.37. The van der Waals surface area contributed by atoms with E-state index >= 15 is 0 Å². The molecule has 4 nitrogen and oxygen atoms in total. The largest absolute Gasteiger partial charge is 0.460 e. The molecule has 4 heterocycles. The van der Waals surface area contributed by atoms with Crippen molar-refractivity contribution in [1.29, 1.82) is 0 Å². The highest BCUT2D eigenvalue weighted by Crippen LogP contribution is 2.41. The molecular formula is C24H18N2O2S. The highest BCUT2D eigenvalue weighted by atomic mass is 32.1. The molecule has 0 saturated carbocycles. The third-order valence-electron chi connectivity index (χ3n) is 5.49. The minimum absolute atomic E-state index is 0.0318. The third-order valence-corrected chi connectivity index (χ3v) is 6.45. The van der Waals surface area contributed by atoms with Crippen molar-refractivity contribution >= 4 is 54.5 Å². The lowest BCUT2D eigenvalue weighted by atomic mass is 9.85. The number of hydrogen-bond acceptors (Lipinski definition) is 5. The molecule has 142 valence electrons. The number of thiophene rings is 1. The van der Waals surface area contributed by atoms with Crippen molar-refractivity contribution in [2.24, 2.45) is 0 Å². The molecule has 0 atom stereocenters. The zero-order chi connectivity index (χ0) is 19.8. The van der Waals surface area contributed by atoms with E-state index in [9.17, 15) is 0 Å². The minimum atomic E-state index is 0.0318. The van der Waals surface area contributed by atoms with E-state index in [-0.39, 0.29) is 5.41 Å². The van der Waals surface area contributed by atoms with Crippen molar-refractivity contribution in [3.63, 3.8) is 0 Å². The zero-order valence-corrected chi connectivity index (χ0v) is 17.1. The van der Waals surface area contributed by atoms with Gasteiger partial charge in [0.15, 0.2) is 11.2 Å². The maximum Gasteiger partial charge on any atom is 0.231 e. The molecule has 0 aliphatic rings. The number of furan rings is 2. The summed E-state index contributed by atoms with van der Waals surface area (Å²) in [5.74, 6) is 0. The molecule has 6 rings (SSSR count). The predicted octanol–water partition coefficient (Wildman–Crippen LogP) is 7.30. The summed E-state index contributed by atoms with van der Waals surface area (Å²) >= 11 is 1.79. The van der Waals surface area contributed by atoms with E-state index in [1.54, 1.807) is 23.9 Å². The molecule has 0 spiro atoms. The molecule has 2 aromatic carbocycles. The number of rotatable bonds is 1. The Morgan fingerprint density at radius 3 is 2.69 bits per heavy atom. The van der Waals surface area contributed by atoms with Crippen LogP contribution in [0.25, 0.3) is 54.4 Å². The van der Waals surface area contributed by atoms with Crippen LogP contribution in [0.2, 0.25) is 0 Å². The molecule has 0 amide bonds. The van der Waals surface area contributed by atoms with Gasteiger partial charge in [-0.3, -0.25) is 0 Å². The van der Waals surface area contributed by atoms with Gasteiger partial charge in [-0.1, -0.05) is 26.8 Å². The summed E-state index contributed by atoms with van der Waals surface area (Å²) in [6.07, 6.45) is 3.26. The van der Waals surface area contributed by atoms with E-state index in [2.05, 4.69) is 66.5 Å². The molecule has 0 unspecified atom stereocenters. The fraction of sp³-hybridized carbons (Fsp3) is 0.167. The molecule has 0 aliphatic carbocycles. The van der Waals surface area contributed by atoms with Gasteiger partial charge in [0, 0.05) is 21.0 Å². The first-order valence-corrected chi connectivity index (χ1v) is 10.4. The van der Waals surface area contributed by atoms with Gasteiger partial charge in [-0.25, -0.2) is 9.97 Å². The monoisotopic (exact) mass is 398 g/mol. The maximum atomic E-state index is 6.11. The Morgan fingerprint density at radius 1 is 0.931 bits per heavy atom. The second kappa shape index (κ2) is 5.67. The van der Waals surface area contributed by atoms with Gasteiger partial charge >= 0.3 is 0 Å². The van der Waals surface area contributed by atoms with Crippen LogP contribution in [0.1, 0.15) is 26.3 Å². The standard InChI is InChI=1S/C24H18N2O2S/c1-24(2,3)17-11-15(10-14-7-9-29-22(14)17)19-18-16-5-4-13-6-8-27-20(13)21(16)28-23(18)26-12-25-19/h4-12H,1-3H3. The molecule has 29 heavy (non-hydrogen) atoms. The molecule has 5 heteroatoms. The van der Waals surface area contributed by atoms with Crippen molar-refractivity contribution in [2.45, 2.75) is 26.2 Å². The van der Waals surface area contributed by atoms with Crippen LogP contribution >= 0.6 is 11.3 Å². The van der Waals surface area contributed by atoms with E-state index < -0.39 is 0 Å². The van der Waals surface area contributed by atoms with Gasteiger partial charge in [-0.05, 0) is 52.1 Å². The quantitative estimate of drug-likeness (QED) is 0.291. The number of fused-ring (bicyclic) bond motifs is 6. The van der Waals surface area contributed by atoms with Gasteiger partial charge in [0.1, 0.15) is 6.33 Å². The van der Waals surface area contributed by atoms with Crippen LogP contribution in [0.5, 0.6) is 0 Å². The SMILES string of the molecule is CC(C)(C)c1cc(-c2ncnc3oc4c(ccc5ccoc54)c23)cc2ccsc12. The minimum Gasteiger partial charge on any atom is -0.460 e. The van der Waals surface area contributed by atoms with Crippen LogP contribution in [0.15, 0.2) is 63.2 Å². The summed E-state index contributed by atoms with van der Waals surface area (Å²) in [6.45, 7) is 6.76.